The van der Waals surface area contributed by atoms with E-state index in [4.69, 9.17) is 23.2 Å². The Morgan fingerprint density at radius 1 is 0.875 bits per heavy atom. The van der Waals surface area contributed by atoms with Crippen molar-refractivity contribution in [1.82, 2.24) is 10.2 Å². The molecule has 1 atom stereocenters. The number of hydrogen-bond acceptors (Lipinski definition) is 4. The van der Waals surface area contributed by atoms with Crippen LogP contribution in [0.5, 0.6) is 0 Å². The van der Waals surface area contributed by atoms with Crippen molar-refractivity contribution in [2.24, 2.45) is 5.92 Å². The molecule has 214 valence electrons. The van der Waals surface area contributed by atoms with Crippen molar-refractivity contribution >= 4 is 50.7 Å². The molecule has 0 aromatic heterocycles. The first-order valence-electron chi connectivity index (χ1n) is 13.1. The van der Waals surface area contributed by atoms with Crippen LogP contribution in [0.3, 0.4) is 0 Å². The lowest BCUT2D eigenvalue weighted by Crippen LogP contribution is -2.51. The molecule has 0 radical (unpaired) electrons. The predicted molar refractivity (Wildman–Crippen MR) is 161 cm³/mol. The fraction of sp³-hybridized carbons (Fsp3) is 0.333. The lowest BCUT2D eigenvalue weighted by molar-refractivity contribution is -0.139. The summed E-state index contributed by atoms with van der Waals surface area (Å²) in [6.07, 6.45) is 0.554. The quantitative estimate of drug-likeness (QED) is 0.277. The highest BCUT2D eigenvalue weighted by molar-refractivity contribution is 7.92. The molecule has 3 aromatic carbocycles. The number of hydrogen-bond donors (Lipinski definition) is 1. The number of rotatable bonds is 12. The first-order valence-corrected chi connectivity index (χ1v) is 15.3. The van der Waals surface area contributed by atoms with Crippen LogP contribution in [0.15, 0.2) is 77.7 Å². The van der Waals surface area contributed by atoms with Crippen molar-refractivity contribution in [2.75, 3.05) is 17.4 Å². The van der Waals surface area contributed by atoms with Gasteiger partial charge in [-0.1, -0.05) is 86.4 Å². The third-order valence-electron chi connectivity index (χ3n) is 6.49. The van der Waals surface area contributed by atoms with E-state index in [0.29, 0.717) is 34.3 Å². The second-order valence-corrected chi connectivity index (χ2v) is 12.5. The molecule has 0 aliphatic heterocycles. The SMILES string of the molecule is CCc1ccccc1N(CC(=O)N(Cc1c(Cl)cccc1Cl)[C@@H](C)C(=O)NCC(C)C)S(=O)(=O)c1ccccc1. The molecule has 0 bridgehead atoms. The maximum atomic E-state index is 14.1. The summed E-state index contributed by atoms with van der Waals surface area (Å²) in [4.78, 5) is 28.6. The second kappa shape index (κ2) is 14.0. The van der Waals surface area contributed by atoms with Crippen LogP contribution in [0, 0.1) is 5.92 Å². The number of benzene rings is 3. The van der Waals surface area contributed by atoms with Crippen LogP contribution in [0.2, 0.25) is 10.0 Å². The number of anilines is 1. The molecule has 10 heteroatoms. The van der Waals surface area contributed by atoms with Gasteiger partial charge in [0.25, 0.3) is 10.0 Å². The molecule has 2 amide bonds. The molecule has 0 aliphatic rings. The van der Waals surface area contributed by atoms with Crippen LogP contribution >= 0.6 is 23.2 Å². The average molecular weight is 605 g/mol. The maximum Gasteiger partial charge on any atom is 0.264 e. The maximum absolute atomic E-state index is 14.1. The summed E-state index contributed by atoms with van der Waals surface area (Å²) < 4.78 is 29.0. The minimum absolute atomic E-state index is 0.0529. The van der Waals surface area contributed by atoms with Crippen molar-refractivity contribution in [2.45, 2.75) is 51.6 Å². The van der Waals surface area contributed by atoms with Crippen LogP contribution in [-0.2, 0) is 32.6 Å². The van der Waals surface area contributed by atoms with E-state index in [9.17, 15) is 18.0 Å². The molecule has 0 saturated heterocycles. The molecule has 3 rings (SSSR count). The molecule has 0 unspecified atom stereocenters. The van der Waals surface area contributed by atoms with Gasteiger partial charge in [0.05, 0.1) is 10.6 Å². The summed E-state index contributed by atoms with van der Waals surface area (Å²) >= 11 is 12.9. The molecule has 0 aliphatic carbocycles. The third-order valence-corrected chi connectivity index (χ3v) is 8.98. The first-order chi connectivity index (χ1) is 19.0. The zero-order valence-electron chi connectivity index (χ0n) is 23.1. The van der Waals surface area contributed by atoms with Gasteiger partial charge in [-0.3, -0.25) is 13.9 Å². The molecule has 0 heterocycles. The van der Waals surface area contributed by atoms with Gasteiger partial charge in [0, 0.05) is 28.7 Å². The summed E-state index contributed by atoms with van der Waals surface area (Å²) in [5.74, 6) is -0.736. The Morgan fingerprint density at radius 2 is 1.48 bits per heavy atom. The minimum atomic E-state index is -4.14. The molecule has 0 saturated carbocycles. The Morgan fingerprint density at radius 3 is 2.08 bits per heavy atom. The number of carbonyl (C=O) groups is 2. The minimum Gasteiger partial charge on any atom is -0.354 e. The third kappa shape index (κ3) is 7.56. The zero-order valence-corrected chi connectivity index (χ0v) is 25.4. The van der Waals surface area contributed by atoms with E-state index in [2.05, 4.69) is 5.32 Å². The lowest BCUT2D eigenvalue weighted by Gasteiger charge is -2.33. The van der Waals surface area contributed by atoms with Gasteiger partial charge in [-0.2, -0.15) is 0 Å². The molecule has 1 N–H and O–H groups in total. The van der Waals surface area contributed by atoms with E-state index in [1.54, 1.807) is 55.5 Å². The standard InChI is InChI=1S/C30H35Cl2N3O4S/c1-5-23-12-9-10-17-28(23)35(40(38,39)24-13-7-6-8-14-24)20-29(36)34(22(4)30(37)33-18-21(2)3)19-25-26(31)15-11-16-27(25)32/h6-17,21-22H,5,18-20H2,1-4H3,(H,33,37)/t22-/m0/s1. The Bertz CT molecular complexity index is 1410. The van der Waals surface area contributed by atoms with E-state index >= 15 is 0 Å². The van der Waals surface area contributed by atoms with Gasteiger partial charge in [-0.25, -0.2) is 8.42 Å². The molecule has 3 aromatic rings. The monoisotopic (exact) mass is 603 g/mol. The van der Waals surface area contributed by atoms with Crippen molar-refractivity contribution < 1.29 is 18.0 Å². The molecular formula is C30H35Cl2N3O4S. The van der Waals surface area contributed by atoms with Crippen molar-refractivity contribution in [1.29, 1.82) is 0 Å². The smallest absolute Gasteiger partial charge is 0.264 e. The lowest BCUT2D eigenvalue weighted by atomic mass is 10.1. The van der Waals surface area contributed by atoms with Crippen molar-refractivity contribution in [3.05, 3.63) is 94.0 Å². The van der Waals surface area contributed by atoms with Gasteiger partial charge < -0.3 is 10.2 Å². The average Bonchev–Trinajstić information content (AvgIpc) is 2.94. The van der Waals surface area contributed by atoms with Gasteiger partial charge in [0.1, 0.15) is 12.6 Å². The Labute approximate surface area is 247 Å². The van der Waals surface area contributed by atoms with Crippen LogP contribution in [0.4, 0.5) is 5.69 Å². The fourth-order valence-corrected chi connectivity index (χ4v) is 6.16. The highest BCUT2D eigenvalue weighted by Crippen LogP contribution is 2.30. The summed E-state index contributed by atoms with van der Waals surface area (Å²) in [6.45, 7) is 7.27. The summed E-state index contributed by atoms with van der Waals surface area (Å²) in [5, 5.41) is 3.54. The van der Waals surface area contributed by atoms with Crippen molar-refractivity contribution in [3.63, 3.8) is 0 Å². The van der Waals surface area contributed by atoms with Gasteiger partial charge in [-0.15, -0.1) is 0 Å². The fourth-order valence-electron chi connectivity index (χ4n) is 4.17. The molecule has 7 nitrogen and oxygen atoms in total. The number of nitrogens with one attached hydrogen (secondary N) is 1. The zero-order chi connectivity index (χ0) is 29.4. The topological polar surface area (TPSA) is 86.8 Å². The number of nitrogens with zero attached hydrogens (tertiary/aromatic N) is 2. The normalized spacial score (nSPS) is 12.2. The molecular weight excluding hydrogens is 569 g/mol. The number of aryl methyl sites for hydroxylation is 1. The van der Waals surface area contributed by atoms with E-state index in [1.807, 2.05) is 32.9 Å². The first kappa shape index (κ1) is 31.5. The Balaban J connectivity index is 2.08. The van der Waals surface area contributed by atoms with Crippen molar-refractivity contribution in [3.8, 4) is 0 Å². The Hall–Kier alpha value is -3.07. The molecule has 0 spiro atoms. The molecule has 40 heavy (non-hydrogen) atoms. The molecule has 0 fully saturated rings. The number of para-hydroxylation sites is 1. The summed E-state index contributed by atoms with van der Waals surface area (Å²) in [6, 6.07) is 19.1. The van der Waals surface area contributed by atoms with E-state index in [1.165, 1.54) is 17.0 Å². The number of sulfonamides is 1. The second-order valence-electron chi connectivity index (χ2n) is 9.84. The predicted octanol–water partition coefficient (Wildman–Crippen LogP) is 5.94. The van der Waals surface area contributed by atoms with Gasteiger partial charge in [0.15, 0.2) is 0 Å². The highest BCUT2D eigenvalue weighted by Gasteiger charge is 2.33. The van der Waals surface area contributed by atoms with Crippen LogP contribution in [0.1, 0.15) is 38.8 Å². The van der Waals surface area contributed by atoms with E-state index < -0.39 is 28.5 Å². The number of amides is 2. The van der Waals surface area contributed by atoms with Gasteiger partial charge in [-0.05, 0) is 55.2 Å². The number of halogens is 2. The van der Waals surface area contributed by atoms with Crippen LogP contribution in [0.25, 0.3) is 0 Å². The van der Waals surface area contributed by atoms with Crippen LogP contribution in [-0.4, -0.2) is 44.3 Å². The van der Waals surface area contributed by atoms with Gasteiger partial charge >= 0.3 is 0 Å². The summed E-state index contributed by atoms with van der Waals surface area (Å²) in [7, 11) is -4.14. The van der Waals surface area contributed by atoms with E-state index in [0.717, 1.165) is 9.87 Å². The Kier molecular flexibility index (Phi) is 11.0. The van der Waals surface area contributed by atoms with E-state index in [-0.39, 0.29) is 23.3 Å². The van der Waals surface area contributed by atoms with Crippen LogP contribution < -0.4 is 9.62 Å². The van der Waals surface area contributed by atoms with Gasteiger partial charge in [0.2, 0.25) is 11.8 Å². The number of carbonyl (C=O) groups excluding carboxylic acids is 2. The largest absolute Gasteiger partial charge is 0.354 e. The summed E-state index contributed by atoms with van der Waals surface area (Å²) in [5.41, 5.74) is 1.63. The highest BCUT2D eigenvalue weighted by atomic mass is 35.5.